The van der Waals surface area contributed by atoms with Crippen LogP contribution in [0.5, 0.6) is 17.2 Å². The van der Waals surface area contributed by atoms with E-state index in [9.17, 15) is 17.6 Å². The van der Waals surface area contributed by atoms with Crippen molar-refractivity contribution in [3.63, 3.8) is 0 Å². The summed E-state index contributed by atoms with van der Waals surface area (Å²) >= 11 is 0. The van der Waals surface area contributed by atoms with Crippen LogP contribution >= 0.6 is 0 Å². The van der Waals surface area contributed by atoms with Gasteiger partial charge in [-0.05, 0) is 62.5 Å². The summed E-state index contributed by atoms with van der Waals surface area (Å²) in [6, 6.07) is 4.95. The summed E-state index contributed by atoms with van der Waals surface area (Å²) in [5, 5.41) is 0. The molecule has 0 bridgehead atoms. The summed E-state index contributed by atoms with van der Waals surface area (Å²) in [6.45, 7) is 4.78. The molecule has 2 heterocycles. The molecule has 0 N–H and O–H groups in total. The predicted octanol–water partition coefficient (Wildman–Crippen LogP) is 9.77. The average molecular weight is 571 g/mol. The summed E-state index contributed by atoms with van der Waals surface area (Å²) < 4.78 is 82.0. The molecule has 1 saturated heterocycles. The van der Waals surface area contributed by atoms with E-state index in [2.05, 4.69) is 13.8 Å². The van der Waals surface area contributed by atoms with Gasteiger partial charge in [-0.15, -0.1) is 0 Å². The van der Waals surface area contributed by atoms with Crippen LogP contribution < -0.4 is 9.47 Å². The van der Waals surface area contributed by atoms with Gasteiger partial charge in [0.25, 0.3) is 0 Å². The highest BCUT2D eigenvalue weighted by molar-refractivity contribution is 5.55. The second kappa shape index (κ2) is 15.6. The molecule has 1 aliphatic carbocycles. The molecule has 0 amide bonds. The topological polar surface area (TPSA) is 27.7 Å². The van der Waals surface area contributed by atoms with Gasteiger partial charge in [0.2, 0.25) is 11.6 Å². The minimum atomic E-state index is -1.16. The molecule has 8 heteroatoms. The van der Waals surface area contributed by atoms with Crippen LogP contribution in [0.2, 0.25) is 0 Å². The number of fused-ring (bicyclic) bond motifs is 2. The molecule has 2 aliphatic heterocycles. The smallest absolute Gasteiger partial charge is 0.205 e. The van der Waals surface area contributed by atoms with Gasteiger partial charge >= 0.3 is 0 Å². The van der Waals surface area contributed by atoms with Crippen molar-refractivity contribution >= 4 is 0 Å². The molecule has 40 heavy (non-hydrogen) atoms. The minimum Gasteiger partial charge on any atom is -0.494 e. The third-order valence-electron chi connectivity index (χ3n) is 8.11. The largest absolute Gasteiger partial charge is 0.494 e. The lowest BCUT2D eigenvalue weighted by Crippen LogP contribution is -2.25. The maximum Gasteiger partial charge on any atom is 0.205 e. The number of halogens is 5. The lowest BCUT2D eigenvalue weighted by molar-refractivity contribution is -0.00178. The van der Waals surface area contributed by atoms with Gasteiger partial charge in [-0.3, -0.25) is 4.39 Å². The first kappa shape index (κ1) is 32.2. The lowest BCUT2D eigenvalue weighted by atomic mass is 9.85. The number of hydrogen-bond acceptors (Lipinski definition) is 3. The van der Waals surface area contributed by atoms with Crippen molar-refractivity contribution in [3.05, 3.63) is 52.3 Å². The number of hydrogen-bond donors (Lipinski definition) is 0. The summed E-state index contributed by atoms with van der Waals surface area (Å²) in [5.41, 5.74) is 1.53. The quantitative estimate of drug-likeness (QED) is 0.276. The fourth-order valence-electron chi connectivity index (χ4n) is 5.93. The van der Waals surface area contributed by atoms with Crippen molar-refractivity contribution in [1.29, 1.82) is 0 Å². The third-order valence-corrected chi connectivity index (χ3v) is 8.11. The van der Waals surface area contributed by atoms with E-state index in [-0.39, 0.29) is 35.7 Å². The Hall–Kier alpha value is -2.35. The maximum atomic E-state index is 15.2. The normalized spacial score (nSPS) is 23.3. The Labute approximate surface area is 235 Å². The van der Waals surface area contributed by atoms with Crippen LogP contribution in [-0.4, -0.2) is 33.2 Å². The number of methoxy groups -OCH3 is 1. The van der Waals surface area contributed by atoms with E-state index in [0.29, 0.717) is 30.5 Å². The van der Waals surface area contributed by atoms with Crippen molar-refractivity contribution in [2.75, 3.05) is 20.9 Å². The number of rotatable bonds is 6. The highest BCUT2D eigenvalue weighted by atomic mass is 19.2. The van der Waals surface area contributed by atoms with Crippen molar-refractivity contribution in [2.45, 2.75) is 103 Å². The molecule has 1 saturated carbocycles. The summed E-state index contributed by atoms with van der Waals surface area (Å²) in [7, 11) is 1.77. The Morgan fingerprint density at radius 2 is 1.50 bits per heavy atom. The molecule has 3 nitrogen and oxygen atoms in total. The fraction of sp³-hybridized carbons (Fsp3) is 0.625. The van der Waals surface area contributed by atoms with Gasteiger partial charge in [-0.25, -0.2) is 8.78 Å². The summed E-state index contributed by atoms with van der Waals surface area (Å²) in [6.07, 6.45) is 10.3. The molecule has 0 radical (unpaired) electrons. The number of benzene rings is 2. The first-order valence-electron chi connectivity index (χ1n) is 14.5. The van der Waals surface area contributed by atoms with Crippen LogP contribution in [0.15, 0.2) is 18.2 Å². The van der Waals surface area contributed by atoms with Crippen LogP contribution in [0.3, 0.4) is 0 Å². The highest BCUT2D eigenvalue weighted by Crippen LogP contribution is 2.45. The molecular weight excluding hydrogens is 527 g/mol. The zero-order valence-corrected chi connectivity index (χ0v) is 24.1. The van der Waals surface area contributed by atoms with E-state index in [4.69, 9.17) is 14.2 Å². The van der Waals surface area contributed by atoms with Gasteiger partial charge in [0.05, 0.1) is 27.0 Å². The van der Waals surface area contributed by atoms with E-state index >= 15 is 4.39 Å². The maximum absolute atomic E-state index is 15.2. The molecule has 3 aliphatic rings. The van der Waals surface area contributed by atoms with Crippen molar-refractivity contribution in [3.8, 4) is 17.2 Å². The Morgan fingerprint density at radius 3 is 2.10 bits per heavy atom. The van der Waals surface area contributed by atoms with Crippen LogP contribution in [0.25, 0.3) is 0 Å². The van der Waals surface area contributed by atoms with Gasteiger partial charge in [-0.2, -0.15) is 8.78 Å². The Morgan fingerprint density at radius 1 is 0.825 bits per heavy atom. The molecule has 2 aromatic rings. The Kier molecular flexibility index (Phi) is 12.5. The van der Waals surface area contributed by atoms with Crippen LogP contribution in [0, 0.1) is 23.4 Å². The second-order valence-corrected chi connectivity index (χ2v) is 10.9. The van der Waals surface area contributed by atoms with E-state index in [1.807, 2.05) is 0 Å². The highest BCUT2D eigenvalue weighted by Gasteiger charge is 2.31. The molecule has 2 unspecified atom stereocenters. The van der Waals surface area contributed by atoms with Crippen LogP contribution in [0.1, 0.15) is 101 Å². The minimum absolute atomic E-state index is 0.0239. The monoisotopic (exact) mass is 570 g/mol. The van der Waals surface area contributed by atoms with Crippen molar-refractivity contribution in [2.24, 2.45) is 5.92 Å². The predicted molar refractivity (Wildman–Crippen MR) is 148 cm³/mol. The van der Waals surface area contributed by atoms with E-state index in [0.717, 1.165) is 57.3 Å². The molecule has 0 spiro atoms. The Balaban J connectivity index is 0.000000309. The van der Waals surface area contributed by atoms with Gasteiger partial charge in [-0.1, -0.05) is 45.2 Å². The number of ether oxygens (including phenoxy) is 3. The van der Waals surface area contributed by atoms with E-state index in [1.54, 1.807) is 12.1 Å². The van der Waals surface area contributed by atoms with Crippen molar-refractivity contribution in [1.82, 2.24) is 0 Å². The zero-order valence-electron chi connectivity index (χ0n) is 24.1. The van der Waals surface area contributed by atoms with Gasteiger partial charge < -0.3 is 14.2 Å². The lowest BCUT2D eigenvalue weighted by Gasteiger charge is -2.30. The third kappa shape index (κ3) is 7.68. The molecule has 5 rings (SSSR count). The van der Waals surface area contributed by atoms with E-state index in [1.165, 1.54) is 26.0 Å². The Bertz CT molecular complexity index is 1080. The van der Waals surface area contributed by atoms with E-state index < -0.39 is 23.6 Å². The standard InChI is InChI=1S/C22H23F3O3.C9H17F.CH3F/c1-3-4-15-7-5-13(11-27-15)16-8-6-12-9-14-10-17(26-2)19(24)20(25)22(14)28-21(12)18(16)23;1-2-3-8-4-6-9(10)7-5-8;1-2/h6,8,10,13,15H,3-5,7,9,11H2,1-2H3;8-9H,2-7H2,1H3;1H3. The fourth-order valence-corrected chi connectivity index (χ4v) is 5.93. The average Bonchev–Trinajstić information content (AvgIpc) is 2.98. The van der Waals surface area contributed by atoms with Crippen LogP contribution in [-0.2, 0) is 11.2 Å². The summed E-state index contributed by atoms with van der Waals surface area (Å²) in [5.74, 6) is -2.52. The van der Waals surface area contributed by atoms with Crippen LogP contribution in [0.4, 0.5) is 22.0 Å². The van der Waals surface area contributed by atoms with Crippen molar-refractivity contribution < 1.29 is 36.2 Å². The SMILES string of the molecule is CCCC1CCC(F)CC1.CCCC1CCC(c2ccc3c(c2F)Oc2c(cc(OC)c(F)c2F)C3)CO1.CF. The molecule has 2 atom stereocenters. The molecule has 2 fully saturated rings. The van der Waals surface area contributed by atoms with Gasteiger partial charge in [0.1, 0.15) is 6.17 Å². The first-order valence-corrected chi connectivity index (χ1v) is 14.5. The molecule has 224 valence electrons. The first-order chi connectivity index (χ1) is 19.4. The van der Waals surface area contributed by atoms with Gasteiger partial charge in [0, 0.05) is 23.5 Å². The second-order valence-electron chi connectivity index (χ2n) is 10.9. The zero-order chi connectivity index (χ0) is 29.2. The number of alkyl halides is 2. The molecular formula is C32H43F5O3. The van der Waals surface area contributed by atoms with Gasteiger partial charge in [0.15, 0.2) is 23.1 Å². The summed E-state index contributed by atoms with van der Waals surface area (Å²) in [4.78, 5) is 0. The molecule has 0 aromatic heterocycles. The molecule has 2 aromatic carbocycles.